The van der Waals surface area contributed by atoms with Crippen LogP contribution in [0.3, 0.4) is 0 Å². The minimum Gasteiger partial charge on any atom is -0.368 e. The van der Waals surface area contributed by atoms with E-state index in [1.54, 1.807) is 0 Å². The number of aromatic amines is 1. The Bertz CT molecular complexity index is 1020. The molecule has 7 nitrogen and oxygen atoms in total. The summed E-state index contributed by atoms with van der Waals surface area (Å²) in [4.78, 5) is 16.8. The fraction of sp³-hybridized carbons (Fsp3) is 0.389. The number of nitrogens with zero attached hydrogens (tertiary/aromatic N) is 1. The summed E-state index contributed by atoms with van der Waals surface area (Å²) in [5, 5.41) is 1.53. The summed E-state index contributed by atoms with van der Waals surface area (Å²) >= 11 is 0. The Morgan fingerprint density at radius 1 is 1.41 bits per heavy atom. The number of H-pyrrole nitrogens is 1. The smallest absolute Gasteiger partial charge is 0.250 e. The fourth-order valence-corrected chi connectivity index (χ4v) is 4.40. The van der Waals surface area contributed by atoms with Crippen LogP contribution in [-0.2, 0) is 10.0 Å². The second-order valence-corrected chi connectivity index (χ2v) is 8.49. The molecule has 1 saturated heterocycles. The van der Waals surface area contributed by atoms with Gasteiger partial charge in [-0.15, -0.1) is 0 Å². The summed E-state index contributed by atoms with van der Waals surface area (Å²) in [7, 11) is -3.50. The first-order valence-corrected chi connectivity index (χ1v) is 10.2. The molecule has 2 heterocycles. The second-order valence-electron chi connectivity index (χ2n) is 6.83. The van der Waals surface area contributed by atoms with E-state index in [4.69, 9.17) is 5.73 Å². The van der Waals surface area contributed by atoms with Crippen molar-refractivity contribution in [2.75, 3.05) is 18.0 Å². The van der Waals surface area contributed by atoms with Crippen molar-refractivity contribution in [1.82, 2.24) is 9.71 Å². The first kappa shape index (κ1) is 19.4. The van der Waals surface area contributed by atoms with Crippen LogP contribution in [0.2, 0.25) is 0 Å². The van der Waals surface area contributed by atoms with Gasteiger partial charge in [-0.25, -0.2) is 17.5 Å². The fourth-order valence-electron chi connectivity index (χ4n) is 3.61. The van der Waals surface area contributed by atoms with Gasteiger partial charge in [-0.05, 0) is 38.3 Å². The number of hydrogen-bond donors (Lipinski definition) is 3. The number of sulfonamides is 1. The Labute approximate surface area is 157 Å². The molecule has 3 rings (SSSR count). The first-order chi connectivity index (χ1) is 12.6. The zero-order valence-electron chi connectivity index (χ0n) is 15.3. The Balaban J connectivity index is 1.97. The van der Waals surface area contributed by atoms with E-state index in [1.807, 2.05) is 18.7 Å². The molecular formula is C18H23FN4O3S. The van der Waals surface area contributed by atoms with E-state index < -0.39 is 21.7 Å². The van der Waals surface area contributed by atoms with Crippen molar-refractivity contribution in [3.63, 3.8) is 0 Å². The molecule has 1 amide bonds. The quantitative estimate of drug-likeness (QED) is 0.721. The van der Waals surface area contributed by atoms with Gasteiger partial charge in [0, 0.05) is 35.6 Å². The number of amides is 1. The lowest BCUT2D eigenvalue weighted by Gasteiger charge is -2.34. The molecule has 0 spiro atoms. The molecule has 9 heteroatoms. The maximum atomic E-state index is 14.9. The van der Waals surface area contributed by atoms with Gasteiger partial charge >= 0.3 is 0 Å². The van der Waals surface area contributed by atoms with E-state index in [1.165, 1.54) is 6.07 Å². The van der Waals surface area contributed by atoms with Gasteiger partial charge in [0.15, 0.2) is 0 Å². The van der Waals surface area contributed by atoms with Crippen molar-refractivity contribution in [3.05, 3.63) is 40.7 Å². The monoisotopic (exact) mass is 394 g/mol. The maximum absolute atomic E-state index is 14.9. The highest BCUT2D eigenvalue weighted by Crippen LogP contribution is 2.37. The average Bonchev–Trinajstić information content (AvgIpc) is 2.90. The van der Waals surface area contributed by atoms with Gasteiger partial charge in [-0.2, -0.15) is 0 Å². The number of carbonyl (C=O) groups excluding carboxylic acids is 1. The molecule has 1 aliphatic rings. The lowest BCUT2D eigenvalue weighted by molar-refractivity contribution is 0.100. The molecule has 0 atom stereocenters. The van der Waals surface area contributed by atoms with Crippen molar-refractivity contribution in [3.8, 4) is 0 Å². The van der Waals surface area contributed by atoms with Crippen LogP contribution in [0.4, 0.5) is 10.1 Å². The molecule has 1 aliphatic heterocycles. The Hall–Kier alpha value is -2.39. The van der Waals surface area contributed by atoms with Gasteiger partial charge in [0.1, 0.15) is 5.82 Å². The number of halogens is 1. The molecule has 2 aromatic rings. The van der Waals surface area contributed by atoms with E-state index in [0.29, 0.717) is 42.5 Å². The average molecular weight is 394 g/mol. The number of nitrogens with one attached hydrogen (secondary N) is 2. The number of piperidine rings is 1. The number of aryl methyl sites for hydroxylation is 2. The van der Waals surface area contributed by atoms with Gasteiger partial charge in [-0.3, -0.25) is 4.79 Å². The summed E-state index contributed by atoms with van der Waals surface area (Å²) in [5.74, 6) is -1.20. The molecule has 0 radical (unpaired) electrons. The van der Waals surface area contributed by atoms with Crippen LogP contribution in [0.5, 0.6) is 0 Å². The van der Waals surface area contributed by atoms with Crippen molar-refractivity contribution >= 4 is 32.5 Å². The molecule has 0 bridgehead atoms. The number of carbonyl (C=O) groups is 1. The van der Waals surface area contributed by atoms with Crippen molar-refractivity contribution in [2.45, 2.75) is 32.7 Å². The van der Waals surface area contributed by atoms with Crippen LogP contribution in [0.15, 0.2) is 18.1 Å². The van der Waals surface area contributed by atoms with Crippen molar-refractivity contribution in [2.24, 2.45) is 5.73 Å². The highest BCUT2D eigenvalue weighted by Gasteiger charge is 2.28. The SMILES string of the molecule is C=CS(=O)(=O)NC1CCN(c2c(F)cc(C(N)=O)c3[nH]c(C)c(C)c23)CC1. The number of nitrogens with two attached hydrogens (primary N) is 1. The standard InChI is InChI=1S/C18H23FN4O3S/c1-4-27(25,26)22-12-5-7-23(8-6-12)17-14(19)9-13(18(20)24)16-15(17)10(2)11(3)21-16/h4,9,12,21-22H,1,5-8H2,2-3H3,(H2,20,24). The molecular weight excluding hydrogens is 371 g/mol. The normalized spacial score (nSPS) is 16.0. The van der Waals surface area contributed by atoms with Gasteiger partial charge < -0.3 is 15.6 Å². The van der Waals surface area contributed by atoms with Gasteiger partial charge in [-0.1, -0.05) is 6.58 Å². The topological polar surface area (TPSA) is 108 Å². The number of hydrogen-bond acceptors (Lipinski definition) is 4. The summed E-state index contributed by atoms with van der Waals surface area (Å²) in [6.45, 7) is 7.98. The Morgan fingerprint density at radius 3 is 2.59 bits per heavy atom. The van der Waals surface area contributed by atoms with Crippen LogP contribution in [-0.4, -0.2) is 38.4 Å². The van der Waals surface area contributed by atoms with Crippen LogP contribution in [0.25, 0.3) is 10.9 Å². The number of aromatic nitrogens is 1. The molecule has 1 aromatic carbocycles. The lowest BCUT2D eigenvalue weighted by atomic mass is 10.0. The zero-order valence-corrected chi connectivity index (χ0v) is 16.1. The summed E-state index contributed by atoms with van der Waals surface area (Å²) < 4.78 is 40.8. The Kier molecular flexibility index (Phi) is 5.00. The first-order valence-electron chi connectivity index (χ1n) is 8.65. The van der Waals surface area contributed by atoms with Gasteiger partial charge in [0.2, 0.25) is 10.0 Å². The second kappa shape index (κ2) is 6.97. The van der Waals surface area contributed by atoms with E-state index in [2.05, 4.69) is 16.3 Å². The summed E-state index contributed by atoms with van der Waals surface area (Å²) in [6, 6.07) is 0.948. The molecule has 0 aliphatic carbocycles. The third kappa shape index (κ3) is 3.57. The molecule has 1 fully saturated rings. The molecule has 4 N–H and O–H groups in total. The van der Waals surface area contributed by atoms with Crippen LogP contribution < -0.4 is 15.4 Å². The predicted octanol–water partition coefficient (Wildman–Crippen LogP) is 2.05. The number of fused-ring (bicyclic) bond motifs is 1. The highest BCUT2D eigenvalue weighted by molar-refractivity contribution is 7.92. The Morgan fingerprint density at radius 2 is 2.04 bits per heavy atom. The minimum absolute atomic E-state index is 0.121. The third-order valence-electron chi connectivity index (χ3n) is 5.13. The highest BCUT2D eigenvalue weighted by atomic mass is 32.2. The molecule has 0 unspecified atom stereocenters. The minimum atomic E-state index is -3.50. The largest absolute Gasteiger partial charge is 0.368 e. The number of primary amides is 1. The van der Waals surface area contributed by atoms with Crippen LogP contribution in [0, 0.1) is 19.7 Å². The predicted molar refractivity (Wildman–Crippen MR) is 104 cm³/mol. The van der Waals surface area contributed by atoms with Crippen LogP contribution in [0.1, 0.15) is 34.5 Å². The molecule has 1 aromatic heterocycles. The third-order valence-corrected chi connectivity index (χ3v) is 6.23. The van der Waals surface area contributed by atoms with Gasteiger partial charge in [0.05, 0.1) is 16.8 Å². The number of rotatable bonds is 5. The van der Waals surface area contributed by atoms with Crippen LogP contribution >= 0.6 is 0 Å². The molecule has 146 valence electrons. The number of benzene rings is 1. The van der Waals surface area contributed by atoms with E-state index >= 15 is 0 Å². The zero-order chi connectivity index (χ0) is 19.9. The van der Waals surface area contributed by atoms with Crippen molar-refractivity contribution < 1.29 is 17.6 Å². The van der Waals surface area contributed by atoms with E-state index in [0.717, 1.165) is 16.7 Å². The lowest BCUT2D eigenvalue weighted by Crippen LogP contribution is -2.44. The molecule has 27 heavy (non-hydrogen) atoms. The van der Waals surface area contributed by atoms with Gasteiger partial charge in [0.25, 0.3) is 5.91 Å². The maximum Gasteiger partial charge on any atom is 0.250 e. The summed E-state index contributed by atoms with van der Waals surface area (Å²) in [6.07, 6.45) is 1.07. The number of anilines is 1. The molecule has 0 saturated carbocycles. The van der Waals surface area contributed by atoms with Crippen molar-refractivity contribution in [1.29, 1.82) is 0 Å². The van der Waals surface area contributed by atoms with E-state index in [9.17, 15) is 17.6 Å². The summed E-state index contributed by atoms with van der Waals surface area (Å²) in [5.41, 5.74) is 8.18. The van der Waals surface area contributed by atoms with E-state index in [-0.39, 0.29) is 11.6 Å².